The fourth-order valence-electron chi connectivity index (χ4n) is 2.46. The Morgan fingerprint density at radius 2 is 2.12 bits per heavy atom. The third kappa shape index (κ3) is 2.91. The normalized spacial score (nSPS) is 19.4. The maximum Gasteiger partial charge on any atom is 0.142 e. The smallest absolute Gasteiger partial charge is 0.142 e. The molecule has 1 fully saturated rings. The van der Waals surface area contributed by atoms with Crippen LogP contribution in [0, 0.1) is 0 Å². The Kier molecular flexibility index (Phi) is 3.57. The van der Waals surface area contributed by atoms with Crippen LogP contribution in [0.25, 0.3) is 0 Å². The van der Waals surface area contributed by atoms with Crippen molar-refractivity contribution in [3.63, 3.8) is 0 Å². The Balaban J connectivity index is 1.82. The number of para-hydroxylation sites is 2. The van der Waals surface area contributed by atoms with Crippen LogP contribution < -0.4 is 10.5 Å². The predicted molar refractivity (Wildman–Crippen MR) is 71.2 cm³/mol. The Hall–Kier alpha value is -1.22. The zero-order chi connectivity index (χ0) is 12.3. The molecule has 0 saturated carbocycles. The highest BCUT2D eigenvalue weighted by atomic mass is 16.5. The molecule has 1 saturated heterocycles. The molecule has 0 radical (unpaired) electrons. The van der Waals surface area contributed by atoms with Crippen molar-refractivity contribution in [1.82, 2.24) is 4.90 Å². The molecule has 0 bridgehead atoms. The van der Waals surface area contributed by atoms with Gasteiger partial charge in [0.15, 0.2) is 0 Å². The second-order valence-electron chi connectivity index (χ2n) is 5.29. The van der Waals surface area contributed by atoms with E-state index < -0.39 is 0 Å². The highest BCUT2D eigenvalue weighted by molar-refractivity contribution is 5.51. The minimum atomic E-state index is 0.325. The van der Waals surface area contributed by atoms with Gasteiger partial charge < -0.3 is 10.5 Å². The summed E-state index contributed by atoms with van der Waals surface area (Å²) < 4.78 is 5.73. The number of rotatable bonds is 4. The van der Waals surface area contributed by atoms with Gasteiger partial charge in [-0.1, -0.05) is 12.1 Å². The summed E-state index contributed by atoms with van der Waals surface area (Å²) in [5, 5.41) is 0. The van der Waals surface area contributed by atoms with Crippen LogP contribution >= 0.6 is 0 Å². The summed E-state index contributed by atoms with van der Waals surface area (Å²) in [6.07, 6.45) is 2.57. The topological polar surface area (TPSA) is 38.5 Å². The highest BCUT2D eigenvalue weighted by Gasteiger charge is 2.31. The maximum absolute atomic E-state index is 5.83. The van der Waals surface area contributed by atoms with Gasteiger partial charge in [0.1, 0.15) is 12.4 Å². The highest BCUT2D eigenvalue weighted by Crippen LogP contribution is 2.27. The first kappa shape index (κ1) is 12.2. The van der Waals surface area contributed by atoms with E-state index in [9.17, 15) is 0 Å². The lowest BCUT2D eigenvalue weighted by atomic mass is 10.0. The summed E-state index contributed by atoms with van der Waals surface area (Å²) in [5.74, 6) is 0.796. The van der Waals surface area contributed by atoms with E-state index in [0.717, 1.165) is 12.3 Å². The molecule has 1 aromatic carbocycles. The number of nitrogens with zero attached hydrogens (tertiary/aromatic N) is 1. The molecule has 3 nitrogen and oxygen atoms in total. The van der Waals surface area contributed by atoms with Crippen LogP contribution in [0.4, 0.5) is 5.69 Å². The van der Waals surface area contributed by atoms with Crippen LogP contribution in [0.2, 0.25) is 0 Å². The molecular formula is C14H22N2O. The van der Waals surface area contributed by atoms with E-state index in [2.05, 4.69) is 18.7 Å². The first-order valence-corrected chi connectivity index (χ1v) is 6.32. The molecule has 2 rings (SSSR count). The standard InChI is InChI=1S/C14H22N2O/c1-14(2)8-5-9-16(14)10-11-17-13-7-4-3-6-12(13)15/h3-4,6-7H,5,8-11,15H2,1-2H3. The molecule has 1 heterocycles. The molecule has 3 heteroatoms. The van der Waals surface area contributed by atoms with Crippen LogP contribution in [0.1, 0.15) is 26.7 Å². The van der Waals surface area contributed by atoms with Crippen molar-refractivity contribution in [2.24, 2.45) is 0 Å². The molecule has 0 aromatic heterocycles. The molecule has 0 aliphatic carbocycles. The minimum Gasteiger partial charge on any atom is -0.490 e. The van der Waals surface area contributed by atoms with Crippen molar-refractivity contribution in [2.75, 3.05) is 25.4 Å². The van der Waals surface area contributed by atoms with Crippen molar-refractivity contribution in [3.8, 4) is 5.75 Å². The lowest BCUT2D eigenvalue weighted by molar-refractivity contribution is 0.143. The first-order chi connectivity index (χ1) is 8.09. The van der Waals surface area contributed by atoms with Crippen LogP contribution in [-0.2, 0) is 0 Å². The Bertz CT molecular complexity index is 376. The third-order valence-corrected chi connectivity index (χ3v) is 3.61. The molecule has 0 amide bonds. The summed E-state index contributed by atoms with van der Waals surface area (Å²) >= 11 is 0. The van der Waals surface area contributed by atoms with E-state index in [-0.39, 0.29) is 0 Å². The summed E-state index contributed by atoms with van der Waals surface area (Å²) in [4.78, 5) is 2.49. The van der Waals surface area contributed by atoms with Gasteiger partial charge in [-0.15, -0.1) is 0 Å². The van der Waals surface area contributed by atoms with Crippen molar-refractivity contribution >= 4 is 5.69 Å². The molecule has 0 unspecified atom stereocenters. The molecule has 0 atom stereocenters. The van der Waals surface area contributed by atoms with Crippen LogP contribution in [0.15, 0.2) is 24.3 Å². The number of hydrogen-bond acceptors (Lipinski definition) is 3. The molecule has 2 N–H and O–H groups in total. The van der Waals surface area contributed by atoms with E-state index in [0.29, 0.717) is 17.8 Å². The van der Waals surface area contributed by atoms with Crippen molar-refractivity contribution in [1.29, 1.82) is 0 Å². The Labute approximate surface area is 104 Å². The molecule has 1 aromatic rings. The lowest BCUT2D eigenvalue weighted by Crippen LogP contribution is -2.40. The molecule has 1 aliphatic heterocycles. The van der Waals surface area contributed by atoms with E-state index in [1.54, 1.807) is 0 Å². The Morgan fingerprint density at radius 1 is 1.35 bits per heavy atom. The van der Waals surface area contributed by atoms with Gasteiger partial charge in [0.05, 0.1) is 5.69 Å². The van der Waals surface area contributed by atoms with E-state index in [1.807, 2.05) is 24.3 Å². The van der Waals surface area contributed by atoms with Crippen LogP contribution in [0.5, 0.6) is 5.75 Å². The molecule has 94 valence electrons. The molecule has 17 heavy (non-hydrogen) atoms. The van der Waals surface area contributed by atoms with Gasteiger partial charge in [0.25, 0.3) is 0 Å². The number of nitrogens with two attached hydrogens (primary N) is 1. The maximum atomic E-state index is 5.83. The zero-order valence-electron chi connectivity index (χ0n) is 10.8. The Morgan fingerprint density at radius 3 is 2.76 bits per heavy atom. The fourth-order valence-corrected chi connectivity index (χ4v) is 2.46. The van der Waals surface area contributed by atoms with Gasteiger partial charge in [0, 0.05) is 12.1 Å². The number of ether oxygens (including phenoxy) is 1. The van der Waals surface area contributed by atoms with Crippen molar-refractivity contribution < 1.29 is 4.74 Å². The number of hydrogen-bond donors (Lipinski definition) is 1. The number of anilines is 1. The number of benzene rings is 1. The SMILES string of the molecule is CC1(C)CCCN1CCOc1ccccc1N. The minimum absolute atomic E-state index is 0.325. The number of nitrogen functional groups attached to an aromatic ring is 1. The van der Waals surface area contributed by atoms with Gasteiger partial charge >= 0.3 is 0 Å². The third-order valence-electron chi connectivity index (χ3n) is 3.61. The summed E-state index contributed by atoms with van der Waals surface area (Å²) in [7, 11) is 0. The summed E-state index contributed by atoms with van der Waals surface area (Å²) in [6.45, 7) is 7.47. The molecule has 1 aliphatic rings. The summed E-state index contributed by atoms with van der Waals surface area (Å²) in [5.41, 5.74) is 6.87. The van der Waals surface area contributed by atoms with Gasteiger partial charge in [-0.2, -0.15) is 0 Å². The van der Waals surface area contributed by atoms with Crippen molar-refractivity contribution in [3.05, 3.63) is 24.3 Å². The first-order valence-electron chi connectivity index (χ1n) is 6.32. The van der Waals surface area contributed by atoms with E-state index >= 15 is 0 Å². The quantitative estimate of drug-likeness (QED) is 0.814. The molecule has 0 spiro atoms. The van der Waals surface area contributed by atoms with Crippen LogP contribution in [0.3, 0.4) is 0 Å². The van der Waals surface area contributed by atoms with Gasteiger partial charge in [-0.05, 0) is 45.4 Å². The second-order valence-corrected chi connectivity index (χ2v) is 5.29. The lowest BCUT2D eigenvalue weighted by Gasteiger charge is -2.31. The molecular weight excluding hydrogens is 212 g/mol. The summed E-state index contributed by atoms with van der Waals surface area (Å²) in [6, 6.07) is 7.66. The second kappa shape index (κ2) is 4.96. The zero-order valence-corrected chi connectivity index (χ0v) is 10.8. The number of likely N-dealkylation sites (tertiary alicyclic amines) is 1. The van der Waals surface area contributed by atoms with Gasteiger partial charge in [-0.25, -0.2) is 0 Å². The average Bonchev–Trinajstić information content (AvgIpc) is 2.61. The predicted octanol–water partition coefficient (Wildman–Crippen LogP) is 2.52. The fraction of sp³-hybridized carbons (Fsp3) is 0.571. The van der Waals surface area contributed by atoms with Gasteiger partial charge in [0.2, 0.25) is 0 Å². The van der Waals surface area contributed by atoms with E-state index in [1.165, 1.54) is 19.4 Å². The van der Waals surface area contributed by atoms with Gasteiger partial charge in [-0.3, -0.25) is 4.90 Å². The average molecular weight is 234 g/mol. The van der Waals surface area contributed by atoms with E-state index in [4.69, 9.17) is 10.5 Å². The monoisotopic (exact) mass is 234 g/mol. The largest absolute Gasteiger partial charge is 0.490 e. The van der Waals surface area contributed by atoms with Crippen LogP contribution in [-0.4, -0.2) is 30.1 Å². The van der Waals surface area contributed by atoms with Crippen molar-refractivity contribution in [2.45, 2.75) is 32.2 Å².